The maximum atomic E-state index is 15.2. The van der Waals surface area contributed by atoms with Gasteiger partial charge in [0.25, 0.3) is 5.91 Å². The van der Waals surface area contributed by atoms with Crippen LogP contribution in [0.1, 0.15) is 10.4 Å². The second-order valence-corrected chi connectivity index (χ2v) is 8.11. The lowest BCUT2D eigenvalue weighted by atomic mass is 10.1. The van der Waals surface area contributed by atoms with Crippen LogP contribution in [0.5, 0.6) is 0 Å². The molecule has 0 spiro atoms. The van der Waals surface area contributed by atoms with Crippen molar-refractivity contribution >= 4 is 28.6 Å². The molecule has 1 N–H and O–H groups in total. The minimum atomic E-state index is -0.640. The largest absolute Gasteiger partial charge is 0.352 e. The van der Waals surface area contributed by atoms with Crippen molar-refractivity contribution in [1.29, 1.82) is 0 Å². The lowest BCUT2D eigenvalue weighted by Gasteiger charge is -2.33. The molecule has 5 rings (SSSR count). The number of anilines is 2. The van der Waals surface area contributed by atoms with Crippen molar-refractivity contribution in [3.05, 3.63) is 60.4 Å². The van der Waals surface area contributed by atoms with Gasteiger partial charge in [0.2, 0.25) is 5.95 Å². The zero-order valence-electron chi connectivity index (χ0n) is 18.4. The number of fused-ring (bicyclic) bond motifs is 1. The van der Waals surface area contributed by atoms with Crippen molar-refractivity contribution in [2.24, 2.45) is 7.05 Å². The summed E-state index contributed by atoms with van der Waals surface area (Å²) in [5, 5.41) is 7.64. The molecule has 0 aliphatic carbocycles. The number of rotatable bonds is 4. The number of aryl methyl sites for hydroxylation is 1. The number of nitrogens with one attached hydrogen (secondary N) is 1. The van der Waals surface area contributed by atoms with Gasteiger partial charge < -0.3 is 9.80 Å². The quantitative estimate of drug-likeness (QED) is 0.515. The Balaban J connectivity index is 1.39. The first-order valence-electron chi connectivity index (χ1n) is 10.6. The van der Waals surface area contributed by atoms with E-state index >= 15 is 4.39 Å². The van der Waals surface area contributed by atoms with E-state index in [0.717, 1.165) is 29.6 Å². The summed E-state index contributed by atoms with van der Waals surface area (Å²) in [6, 6.07) is 7.15. The molecule has 0 radical (unpaired) electrons. The summed E-state index contributed by atoms with van der Waals surface area (Å²) in [5.41, 5.74) is 2.48. The Hall–Kier alpha value is -3.92. The maximum absolute atomic E-state index is 15.2. The molecule has 10 heteroatoms. The lowest BCUT2D eigenvalue weighted by Crippen LogP contribution is -2.45. The number of amides is 1. The Bertz CT molecular complexity index is 1330. The third-order valence-electron chi connectivity index (χ3n) is 5.76. The zero-order valence-corrected chi connectivity index (χ0v) is 18.4. The van der Waals surface area contributed by atoms with Gasteiger partial charge in [0, 0.05) is 62.8 Å². The third kappa shape index (κ3) is 4.24. The molecular weight excluding hydrogens is 423 g/mol. The SMILES string of the molecule is CN1CCN(c2nccc(C(=O)Nc3ncc4ccc(-c5cnn(C)c5)cc4n3)c2F)CC1. The molecule has 0 unspecified atom stereocenters. The number of hydrogen-bond donors (Lipinski definition) is 1. The van der Waals surface area contributed by atoms with Gasteiger partial charge >= 0.3 is 0 Å². The van der Waals surface area contributed by atoms with Gasteiger partial charge in [-0.2, -0.15) is 5.10 Å². The Kier molecular flexibility index (Phi) is 5.43. The van der Waals surface area contributed by atoms with Gasteiger partial charge in [0.05, 0.1) is 17.3 Å². The van der Waals surface area contributed by atoms with Crippen LogP contribution in [0.2, 0.25) is 0 Å². The average molecular weight is 446 g/mol. The number of carbonyl (C=O) groups is 1. The molecule has 3 aromatic heterocycles. The van der Waals surface area contributed by atoms with E-state index in [1.165, 1.54) is 12.3 Å². The van der Waals surface area contributed by atoms with Crippen LogP contribution in [0.4, 0.5) is 16.2 Å². The van der Waals surface area contributed by atoms with Crippen molar-refractivity contribution in [1.82, 2.24) is 29.6 Å². The molecule has 1 aromatic carbocycles. The van der Waals surface area contributed by atoms with Gasteiger partial charge in [-0.05, 0) is 24.7 Å². The number of aromatic nitrogens is 5. The summed E-state index contributed by atoms with van der Waals surface area (Å²) in [7, 11) is 3.88. The molecular formula is C23H23FN8O. The topological polar surface area (TPSA) is 92.1 Å². The number of benzene rings is 1. The van der Waals surface area contributed by atoms with Crippen LogP contribution < -0.4 is 10.2 Å². The van der Waals surface area contributed by atoms with Gasteiger partial charge in [-0.25, -0.2) is 19.3 Å². The number of pyridine rings is 1. The first-order chi connectivity index (χ1) is 16.0. The van der Waals surface area contributed by atoms with Crippen LogP contribution in [-0.4, -0.2) is 68.8 Å². The number of hydrogen-bond acceptors (Lipinski definition) is 7. The first kappa shape index (κ1) is 21.0. The molecule has 33 heavy (non-hydrogen) atoms. The Labute approximate surface area is 189 Å². The number of piperazine rings is 1. The van der Waals surface area contributed by atoms with E-state index in [9.17, 15) is 4.79 Å². The van der Waals surface area contributed by atoms with Gasteiger partial charge in [0.1, 0.15) is 0 Å². The van der Waals surface area contributed by atoms with Crippen LogP contribution in [0.3, 0.4) is 0 Å². The predicted molar refractivity (Wildman–Crippen MR) is 124 cm³/mol. The highest BCUT2D eigenvalue weighted by Crippen LogP contribution is 2.24. The molecule has 168 valence electrons. The number of nitrogens with zero attached hydrogens (tertiary/aromatic N) is 7. The second kappa shape index (κ2) is 8.55. The van der Waals surface area contributed by atoms with E-state index in [0.29, 0.717) is 18.6 Å². The van der Waals surface area contributed by atoms with Crippen molar-refractivity contribution in [3.8, 4) is 11.1 Å². The fraction of sp³-hybridized carbons (Fsp3) is 0.261. The molecule has 0 bridgehead atoms. The van der Waals surface area contributed by atoms with Crippen LogP contribution in [-0.2, 0) is 7.05 Å². The van der Waals surface area contributed by atoms with E-state index < -0.39 is 11.7 Å². The molecule has 1 saturated heterocycles. The van der Waals surface area contributed by atoms with E-state index in [2.05, 4.69) is 30.3 Å². The number of halogens is 1. The third-order valence-corrected chi connectivity index (χ3v) is 5.76. The summed E-state index contributed by atoms with van der Waals surface area (Å²) in [6.45, 7) is 2.92. The highest BCUT2D eigenvalue weighted by Gasteiger charge is 2.23. The van der Waals surface area contributed by atoms with Gasteiger partial charge in [-0.3, -0.25) is 14.8 Å². The Morgan fingerprint density at radius 2 is 1.85 bits per heavy atom. The van der Waals surface area contributed by atoms with E-state index in [1.807, 2.05) is 43.4 Å². The zero-order chi connectivity index (χ0) is 22.9. The fourth-order valence-electron chi connectivity index (χ4n) is 3.85. The van der Waals surface area contributed by atoms with Gasteiger partial charge in [-0.15, -0.1) is 0 Å². The maximum Gasteiger partial charge on any atom is 0.261 e. The molecule has 9 nitrogen and oxygen atoms in total. The van der Waals surface area contributed by atoms with Crippen molar-refractivity contribution in [2.75, 3.05) is 43.4 Å². The molecule has 4 aromatic rings. The average Bonchev–Trinajstić information content (AvgIpc) is 3.25. The second-order valence-electron chi connectivity index (χ2n) is 8.11. The molecule has 0 atom stereocenters. The molecule has 1 amide bonds. The van der Waals surface area contributed by atoms with E-state index in [4.69, 9.17) is 0 Å². The molecule has 0 saturated carbocycles. The highest BCUT2D eigenvalue weighted by molar-refractivity contribution is 6.04. The summed E-state index contributed by atoms with van der Waals surface area (Å²) in [5.74, 6) is -0.961. The molecule has 1 fully saturated rings. The monoisotopic (exact) mass is 446 g/mol. The van der Waals surface area contributed by atoms with Crippen LogP contribution >= 0.6 is 0 Å². The summed E-state index contributed by atoms with van der Waals surface area (Å²) in [4.78, 5) is 29.7. The van der Waals surface area contributed by atoms with Gasteiger partial charge in [-0.1, -0.05) is 12.1 Å². The number of likely N-dealkylation sites (N-methyl/N-ethyl adjacent to an activating group) is 1. The molecule has 1 aliphatic heterocycles. The van der Waals surface area contributed by atoms with Crippen LogP contribution in [0.15, 0.2) is 49.1 Å². The van der Waals surface area contributed by atoms with Gasteiger partial charge in [0.15, 0.2) is 11.6 Å². The Morgan fingerprint density at radius 1 is 1.03 bits per heavy atom. The highest BCUT2D eigenvalue weighted by atomic mass is 19.1. The number of carbonyl (C=O) groups excluding carboxylic acids is 1. The van der Waals surface area contributed by atoms with Crippen molar-refractivity contribution < 1.29 is 9.18 Å². The van der Waals surface area contributed by atoms with Crippen LogP contribution in [0.25, 0.3) is 22.0 Å². The minimum absolute atomic E-state index is 0.0910. The van der Waals surface area contributed by atoms with E-state index in [1.54, 1.807) is 17.1 Å². The van der Waals surface area contributed by atoms with E-state index in [-0.39, 0.29) is 17.3 Å². The Morgan fingerprint density at radius 3 is 2.61 bits per heavy atom. The summed E-state index contributed by atoms with van der Waals surface area (Å²) >= 11 is 0. The lowest BCUT2D eigenvalue weighted by molar-refractivity contribution is 0.102. The molecule has 1 aliphatic rings. The predicted octanol–water partition coefficient (Wildman–Crippen LogP) is 2.57. The van der Waals surface area contributed by atoms with Crippen molar-refractivity contribution in [2.45, 2.75) is 0 Å². The van der Waals surface area contributed by atoms with Crippen molar-refractivity contribution in [3.63, 3.8) is 0 Å². The summed E-state index contributed by atoms with van der Waals surface area (Å²) in [6.07, 6.45) is 6.76. The fourth-order valence-corrected chi connectivity index (χ4v) is 3.85. The smallest absolute Gasteiger partial charge is 0.261 e. The minimum Gasteiger partial charge on any atom is -0.352 e. The molecule has 4 heterocycles. The standard InChI is InChI=1S/C23H23FN8O/c1-30-7-9-32(10-8-30)21-20(24)18(5-6-25-21)22(33)29-23-26-12-16-4-3-15(11-19(16)28-23)17-13-27-31(2)14-17/h3-6,11-14H,7-10H2,1-2H3,(H,26,28,29,33). The van der Waals surface area contributed by atoms with Crippen LogP contribution in [0, 0.1) is 5.82 Å². The first-order valence-corrected chi connectivity index (χ1v) is 10.6. The normalized spacial score (nSPS) is 14.6. The summed E-state index contributed by atoms with van der Waals surface area (Å²) < 4.78 is 16.9.